The van der Waals surface area contributed by atoms with E-state index in [-0.39, 0.29) is 17.9 Å². The summed E-state index contributed by atoms with van der Waals surface area (Å²) < 4.78 is 0. The number of nitrogens with one attached hydrogen (secondary N) is 2. The minimum absolute atomic E-state index is 0.0471. The highest BCUT2D eigenvalue weighted by Gasteiger charge is 2.14. The first-order chi connectivity index (χ1) is 13.3. The van der Waals surface area contributed by atoms with Gasteiger partial charge in [-0.3, -0.25) is 14.9 Å². The molecule has 6 heteroatoms. The fraction of sp³-hybridized carbons (Fsp3) is 0.227. The number of hydrogen-bond acceptors (Lipinski definition) is 4. The van der Waals surface area contributed by atoms with Crippen LogP contribution in [0.25, 0.3) is 11.3 Å². The van der Waals surface area contributed by atoms with Gasteiger partial charge in [-0.2, -0.15) is 0 Å². The maximum absolute atomic E-state index is 12.6. The normalized spacial score (nSPS) is 11.7. The van der Waals surface area contributed by atoms with Crippen molar-refractivity contribution in [2.45, 2.75) is 33.7 Å². The molecule has 1 heterocycles. The molecular formula is C22H23N3O2S. The fourth-order valence-electron chi connectivity index (χ4n) is 3.13. The molecule has 0 fully saturated rings. The molecule has 2 aromatic carbocycles. The molecule has 28 heavy (non-hydrogen) atoms. The van der Waals surface area contributed by atoms with Crippen LogP contribution in [0, 0.1) is 13.8 Å². The number of carbonyl (C=O) groups is 2. The summed E-state index contributed by atoms with van der Waals surface area (Å²) in [4.78, 5) is 28.4. The van der Waals surface area contributed by atoms with Crippen LogP contribution in [0.15, 0.2) is 47.8 Å². The van der Waals surface area contributed by atoms with Gasteiger partial charge < -0.3 is 5.32 Å². The van der Waals surface area contributed by atoms with Crippen molar-refractivity contribution in [3.05, 3.63) is 70.1 Å². The van der Waals surface area contributed by atoms with Gasteiger partial charge in [0.25, 0.3) is 5.91 Å². The summed E-state index contributed by atoms with van der Waals surface area (Å²) in [6.45, 7) is 7.31. The minimum Gasteiger partial charge on any atom is -0.350 e. The summed E-state index contributed by atoms with van der Waals surface area (Å²) >= 11 is 1.40. The molecule has 3 aromatic rings. The quantitative estimate of drug-likeness (QED) is 0.649. The van der Waals surface area contributed by atoms with Crippen LogP contribution in [0.1, 0.15) is 46.9 Å². The van der Waals surface area contributed by atoms with Crippen LogP contribution in [0.3, 0.4) is 0 Å². The summed E-state index contributed by atoms with van der Waals surface area (Å²) in [5, 5.41) is 8.26. The molecule has 0 aliphatic rings. The highest BCUT2D eigenvalue weighted by molar-refractivity contribution is 7.14. The van der Waals surface area contributed by atoms with Crippen molar-refractivity contribution in [3.63, 3.8) is 0 Å². The van der Waals surface area contributed by atoms with Crippen LogP contribution in [-0.4, -0.2) is 16.8 Å². The smallest absolute Gasteiger partial charge is 0.257 e. The van der Waals surface area contributed by atoms with Gasteiger partial charge in [-0.1, -0.05) is 42.5 Å². The van der Waals surface area contributed by atoms with Gasteiger partial charge in [0.15, 0.2) is 5.13 Å². The van der Waals surface area contributed by atoms with E-state index in [1.165, 1.54) is 18.3 Å². The molecule has 144 valence electrons. The van der Waals surface area contributed by atoms with E-state index < -0.39 is 0 Å². The highest BCUT2D eigenvalue weighted by atomic mass is 32.1. The van der Waals surface area contributed by atoms with Crippen LogP contribution < -0.4 is 10.6 Å². The lowest BCUT2D eigenvalue weighted by molar-refractivity contribution is -0.119. The molecule has 0 bridgehead atoms. The zero-order valence-corrected chi connectivity index (χ0v) is 17.2. The molecule has 0 spiro atoms. The third-order valence-corrected chi connectivity index (χ3v) is 5.32. The van der Waals surface area contributed by atoms with E-state index in [2.05, 4.69) is 15.6 Å². The molecule has 3 rings (SSSR count). The Kier molecular flexibility index (Phi) is 5.90. The van der Waals surface area contributed by atoms with Gasteiger partial charge in [-0.15, -0.1) is 11.3 Å². The van der Waals surface area contributed by atoms with E-state index in [4.69, 9.17) is 0 Å². The predicted molar refractivity (Wildman–Crippen MR) is 114 cm³/mol. The lowest BCUT2D eigenvalue weighted by Gasteiger charge is -2.13. The Morgan fingerprint density at radius 2 is 1.68 bits per heavy atom. The van der Waals surface area contributed by atoms with Crippen LogP contribution in [0.5, 0.6) is 0 Å². The Morgan fingerprint density at radius 3 is 2.29 bits per heavy atom. The van der Waals surface area contributed by atoms with Gasteiger partial charge in [0.05, 0.1) is 11.7 Å². The standard InChI is InChI=1S/C22H23N3O2S/c1-13-6-5-7-14(2)20(13)21(27)25-22-24-19(12-28-22)18-10-8-17(9-11-18)15(3)23-16(4)26/h5-12,15H,1-4H3,(H,23,26)(H,24,25,27)/t15-/m0/s1. The maximum atomic E-state index is 12.6. The first kappa shape index (κ1) is 19.8. The topological polar surface area (TPSA) is 71.1 Å². The third kappa shape index (κ3) is 4.46. The van der Waals surface area contributed by atoms with Crippen molar-refractivity contribution in [2.24, 2.45) is 0 Å². The first-order valence-electron chi connectivity index (χ1n) is 9.05. The summed E-state index contributed by atoms with van der Waals surface area (Å²) in [6, 6.07) is 13.7. The van der Waals surface area contributed by atoms with E-state index in [0.717, 1.165) is 27.9 Å². The van der Waals surface area contributed by atoms with Crippen LogP contribution in [0.2, 0.25) is 0 Å². The lowest BCUT2D eigenvalue weighted by atomic mass is 10.0. The van der Waals surface area contributed by atoms with E-state index >= 15 is 0 Å². The third-order valence-electron chi connectivity index (χ3n) is 4.56. The van der Waals surface area contributed by atoms with Crippen molar-refractivity contribution in [3.8, 4) is 11.3 Å². The molecule has 1 atom stereocenters. The minimum atomic E-state index is -0.143. The number of hydrogen-bond donors (Lipinski definition) is 2. The Labute approximate surface area is 168 Å². The molecule has 0 radical (unpaired) electrons. The van der Waals surface area contributed by atoms with Gasteiger partial charge in [-0.05, 0) is 37.5 Å². The molecule has 2 amide bonds. The predicted octanol–water partition coefficient (Wildman–Crippen LogP) is 4.88. The number of amides is 2. The van der Waals surface area contributed by atoms with Gasteiger partial charge in [0.1, 0.15) is 0 Å². The molecule has 0 saturated heterocycles. The number of benzene rings is 2. The number of anilines is 1. The van der Waals surface area contributed by atoms with Crippen LogP contribution in [-0.2, 0) is 4.79 Å². The molecule has 2 N–H and O–H groups in total. The number of aryl methyl sites for hydroxylation is 2. The van der Waals surface area contributed by atoms with Gasteiger partial charge in [-0.25, -0.2) is 4.98 Å². The number of nitrogens with zero attached hydrogens (tertiary/aromatic N) is 1. The van der Waals surface area contributed by atoms with Crippen molar-refractivity contribution in [1.82, 2.24) is 10.3 Å². The van der Waals surface area contributed by atoms with Gasteiger partial charge in [0, 0.05) is 23.4 Å². The second-order valence-electron chi connectivity index (χ2n) is 6.80. The summed E-state index contributed by atoms with van der Waals surface area (Å²) in [5.41, 5.74) is 5.37. The van der Waals surface area contributed by atoms with Crippen molar-refractivity contribution in [1.29, 1.82) is 0 Å². The number of carbonyl (C=O) groups excluding carboxylic acids is 2. The zero-order chi connectivity index (χ0) is 20.3. The van der Waals surface area contributed by atoms with E-state index in [1.54, 1.807) is 0 Å². The van der Waals surface area contributed by atoms with Crippen LogP contribution >= 0.6 is 11.3 Å². The van der Waals surface area contributed by atoms with E-state index in [1.807, 2.05) is 68.6 Å². The molecule has 0 aliphatic heterocycles. The number of rotatable bonds is 5. The summed E-state index contributed by atoms with van der Waals surface area (Å²) in [6.07, 6.45) is 0. The SMILES string of the molecule is CC(=O)N[C@@H](C)c1ccc(-c2csc(NC(=O)c3c(C)cccc3C)n2)cc1. The summed E-state index contributed by atoms with van der Waals surface area (Å²) in [7, 11) is 0. The molecule has 0 aliphatic carbocycles. The van der Waals surface area contributed by atoms with Crippen LogP contribution in [0.4, 0.5) is 5.13 Å². The Bertz CT molecular complexity index is 989. The molecule has 0 unspecified atom stereocenters. The second-order valence-corrected chi connectivity index (χ2v) is 7.66. The van der Waals surface area contributed by atoms with Crippen molar-refractivity contribution in [2.75, 3.05) is 5.32 Å². The molecule has 0 saturated carbocycles. The first-order valence-corrected chi connectivity index (χ1v) is 9.93. The van der Waals surface area contributed by atoms with E-state index in [0.29, 0.717) is 10.7 Å². The van der Waals surface area contributed by atoms with Crippen molar-refractivity contribution >= 4 is 28.3 Å². The lowest BCUT2D eigenvalue weighted by Crippen LogP contribution is -2.23. The molecule has 5 nitrogen and oxygen atoms in total. The van der Waals surface area contributed by atoms with E-state index in [9.17, 15) is 9.59 Å². The second kappa shape index (κ2) is 8.35. The fourth-order valence-corrected chi connectivity index (χ4v) is 3.84. The average molecular weight is 394 g/mol. The molecule has 1 aromatic heterocycles. The number of aromatic nitrogens is 1. The Hall–Kier alpha value is -2.99. The van der Waals surface area contributed by atoms with Crippen molar-refractivity contribution < 1.29 is 9.59 Å². The Balaban J connectivity index is 1.73. The highest BCUT2D eigenvalue weighted by Crippen LogP contribution is 2.27. The Morgan fingerprint density at radius 1 is 1.04 bits per heavy atom. The zero-order valence-electron chi connectivity index (χ0n) is 16.4. The largest absolute Gasteiger partial charge is 0.350 e. The van der Waals surface area contributed by atoms with Gasteiger partial charge in [0.2, 0.25) is 5.91 Å². The average Bonchev–Trinajstić information content (AvgIpc) is 3.09. The molecular weight excluding hydrogens is 370 g/mol. The van der Waals surface area contributed by atoms with Gasteiger partial charge >= 0.3 is 0 Å². The monoisotopic (exact) mass is 393 g/mol. The number of thiazole rings is 1. The summed E-state index contributed by atoms with van der Waals surface area (Å²) in [5.74, 6) is -0.198. The maximum Gasteiger partial charge on any atom is 0.257 e.